The van der Waals surface area contributed by atoms with Crippen molar-refractivity contribution in [2.75, 3.05) is 24.0 Å². The number of ether oxygens (including phenoxy) is 1. The summed E-state index contributed by atoms with van der Waals surface area (Å²) in [6.45, 7) is 4.23. The molecule has 4 rings (SSSR count). The van der Waals surface area contributed by atoms with Crippen molar-refractivity contribution in [1.82, 2.24) is 10.2 Å². The SMILES string of the molecule is CCCNC(=O)[C@@H](Cc1ccccc1)N(Cc1ccc(Cl)cc1)C(=O)CN(c1ccc(OCC)cc1)S(=O)(=O)c1ccccc1. The zero-order chi connectivity index (χ0) is 32.2. The van der Waals surface area contributed by atoms with Crippen molar-refractivity contribution in [2.24, 2.45) is 0 Å². The Kier molecular flexibility index (Phi) is 12.0. The van der Waals surface area contributed by atoms with Crippen LogP contribution in [0.3, 0.4) is 0 Å². The Morgan fingerprint density at radius 2 is 1.44 bits per heavy atom. The standard InChI is InChI=1S/C35H38ClN3O5S/c1-3-23-37-35(41)33(24-27-11-7-5-8-12-27)38(25-28-15-17-29(36)18-16-28)34(40)26-39(30-19-21-31(22-20-30)44-4-2)45(42,43)32-13-9-6-10-14-32/h5-22,33H,3-4,23-26H2,1-2H3,(H,37,41)/t33-/m1/s1. The number of hydrogen-bond donors (Lipinski definition) is 1. The monoisotopic (exact) mass is 647 g/mol. The summed E-state index contributed by atoms with van der Waals surface area (Å²) in [5.74, 6) is -0.281. The van der Waals surface area contributed by atoms with E-state index in [4.69, 9.17) is 16.3 Å². The van der Waals surface area contributed by atoms with Crippen molar-refractivity contribution in [1.29, 1.82) is 0 Å². The van der Waals surface area contributed by atoms with E-state index in [0.717, 1.165) is 21.9 Å². The fourth-order valence-electron chi connectivity index (χ4n) is 4.83. The van der Waals surface area contributed by atoms with Gasteiger partial charge in [0.15, 0.2) is 0 Å². The fraction of sp³-hybridized carbons (Fsp3) is 0.257. The van der Waals surface area contributed by atoms with E-state index < -0.39 is 28.5 Å². The van der Waals surface area contributed by atoms with Crippen LogP contribution in [0.25, 0.3) is 0 Å². The van der Waals surface area contributed by atoms with Gasteiger partial charge >= 0.3 is 0 Å². The molecule has 8 nitrogen and oxygen atoms in total. The molecule has 0 heterocycles. The Bertz CT molecular complexity index is 1630. The van der Waals surface area contributed by atoms with Crippen LogP contribution in [0.1, 0.15) is 31.4 Å². The van der Waals surface area contributed by atoms with E-state index in [2.05, 4.69) is 5.32 Å². The molecule has 0 aliphatic carbocycles. The lowest BCUT2D eigenvalue weighted by Crippen LogP contribution is -2.53. The third-order valence-corrected chi connectivity index (χ3v) is 9.17. The zero-order valence-electron chi connectivity index (χ0n) is 25.4. The molecule has 0 fully saturated rings. The fourth-order valence-corrected chi connectivity index (χ4v) is 6.39. The number of carbonyl (C=O) groups is 2. The van der Waals surface area contributed by atoms with Crippen LogP contribution in [0.15, 0.2) is 114 Å². The van der Waals surface area contributed by atoms with Gasteiger partial charge in [-0.3, -0.25) is 13.9 Å². The summed E-state index contributed by atoms with van der Waals surface area (Å²) in [7, 11) is -4.18. The number of hydrogen-bond acceptors (Lipinski definition) is 5. The van der Waals surface area contributed by atoms with Gasteiger partial charge in [0.05, 0.1) is 17.2 Å². The normalized spacial score (nSPS) is 11.8. The molecule has 0 unspecified atom stereocenters. The second-order valence-corrected chi connectivity index (χ2v) is 12.7. The number of carbonyl (C=O) groups excluding carboxylic acids is 2. The van der Waals surface area contributed by atoms with Crippen molar-refractivity contribution >= 4 is 39.1 Å². The largest absolute Gasteiger partial charge is 0.494 e. The molecular formula is C35H38ClN3O5S. The van der Waals surface area contributed by atoms with E-state index in [1.807, 2.05) is 44.2 Å². The first-order valence-corrected chi connectivity index (χ1v) is 16.7. The van der Waals surface area contributed by atoms with E-state index in [1.165, 1.54) is 17.0 Å². The Balaban J connectivity index is 1.78. The number of nitrogens with zero attached hydrogens (tertiary/aromatic N) is 2. The highest BCUT2D eigenvalue weighted by molar-refractivity contribution is 7.92. The lowest BCUT2D eigenvalue weighted by molar-refractivity contribution is -0.140. The number of sulfonamides is 1. The maximum absolute atomic E-state index is 14.4. The topological polar surface area (TPSA) is 96.0 Å². The molecule has 236 valence electrons. The molecule has 1 N–H and O–H groups in total. The van der Waals surface area contributed by atoms with E-state index in [-0.39, 0.29) is 29.5 Å². The second kappa shape index (κ2) is 16.1. The molecule has 0 saturated carbocycles. The molecule has 45 heavy (non-hydrogen) atoms. The minimum Gasteiger partial charge on any atom is -0.494 e. The maximum Gasteiger partial charge on any atom is 0.264 e. The molecule has 0 aromatic heterocycles. The summed E-state index contributed by atoms with van der Waals surface area (Å²) in [4.78, 5) is 29.6. The predicted octanol–water partition coefficient (Wildman–Crippen LogP) is 6.10. The Labute approximate surface area is 270 Å². The lowest BCUT2D eigenvalue weighted by Gasteiger charge is -2.34. The van der Waals surface area contributed by atoms with E-state index in [1.54, 1.807) is 66.7 Å². The van der Waals surface area contributed by atoms with E-state index >= 15 is 0 Å². The average Bonchev–Trinajstić information content (AvgIpc) is 3.06. The van der Waals surface area contributed by atoms with E-state index in [9.17, 15) is 18.0 Å². The van der Waals surface area contributed by atoms with Crippen LogP contribution in [-0.2, 0) is 32.6 Å². The van der Waals surface area contributed by atoms with Gasteiger partial charge in [-0.05, 0) is 73.0 Å². The van der Waals surface area contributed by atoms with Crippen LogP contribution < -0.4 is 14.4 Å². The molecule has 0 bridgehead atoms. The summed E-state index contributed by atoms with van der Waals surface area (Å²) in [6.07, 6.45) is 0.958. The van der Waals surface area contributed by atoms with Gasteiger partial charge in [-0.25, -0.2) is 8.42 Å². The maximum atomic E-state index is 14.4. The highest BCUT2D eigenvalue weighted by atomic mass is 35.5. The van der Waals surface area contributed by atoms with Crippen LogP contribution in [0.5, 0.6) is 5.75 Å². The predicted molar refractivity (Wildman–Crippen MR) is 178 cm³/mol. The molecule has 0 spiro atoms. The van der Waals surface area contributed by atoms with Gasteiger partial charge in [0, 0.05) is 24.5 Å². The van der Waals surface area contributed by atoms with Gasteiger partial charge in [0.25, 0.3) is 10.0 Å². The molecule has 0 aliphatic rings. The molecule has 0 radical (unpaired) electrons. The first-order chi connectivity index (χ1) is 21.7. The van der Waals surface area contributed by atoms with Gasteiger partial charge < -0.3 is 15.0 Å². The van der Waals surface area contributed by atoms with Gasteiger partial charge in [-0.1, -0.05) is 79.2 Å². The number of anilines is 1. The van der Waals surface area contributed by atoms with Crippen molar-refractivity contribution in [3.8, 4) is 5.75 Å². The van der Waals surface area contributed by atoms with Crippen LogP contribution in [0.4, 0.5) is 5.69 Å². The minimum atomic E-state index is -4.18. The van der Waals surface area contributed by atoms with Gasteiger partial charge in [-0.2, -0.15) is 0 Å². The van der Waals surface area contributed by atoms with Crippen LogP contribution in [0.2, 0.25) is 5.02 Å². The molecule has 0 aliphatic heterocycles. The molecule has 4 aromatic rings. The highest BCUT2D eigenvalue weighted by Gasteiger charge is 2.34. The van der Waals surface area contributed by atoms with Crippen molar-refractivity contribution < 1.29 is 22.7 Å². The van der Waals surface area contributed by atoms with Gasteiger partial charge in [0.2, 0.25) is 11.8 Å². The molecular weight excluding hydrogens is 610 g/mol. The van der Waals surface area contributed by atoms with Crippen molar-refractivity contribution in [3.63, 3.8) is 0 Å². The molecule has 4 aromatic carbocycles. The minimum absolute atomic E-state index is 0.0393. The van der Waals surface area contributed by atoms with Crippen molar-refractivity contribution in [3.05, 3.63) is 125 Å². The smallest absolute Gasteiger partial charge is 0.264 e. The van der Waals surface area contributed by atoms with Crippen LogP contribution in [-0.4, -0.2) is 50.9 Å². The van der Waals surface area contributed by atoms with Crippen LogP contribution >= 0.6 is 11.6 Å². The molecule has 1 atom stereocenters. The van der Waals surface area contributed by atoms with Crippen LogP contribution in [0, 0.1) is 0 Å². The Hall–Kier alpha value is -4.34. The second-order valence-electron chi connectivity index (χ2n) is 10.4. The van der Waals surface area contributed by atoms with E-state index in [0.29, 0.717) is 23.9 Å². The third kappa shape index (κ3) is 9.09. The summed E-state index contributed by atoms with van der Waals surface area (Å²) in [5.41, 5.74) is 1.90. The number of nitrogens with one attached hydrogen (secondary N) is 1. The summed E-state index contributed by atoms with van der Waals surface area (Å²) in [5, 5.41) is 3.48. The summed E-state index contributed by atoms with van der Waals surface area (Å²) >= 11 is 6.14. The third-order valence-electron chi connectivity index (χ3n) is 7.13. The first kappa shape index (κ1) is 33.6. The number of benzene rings is 4. The Morgan fingerprint density at radius 1 is 0.822 bits per heavy atom. The zero-order valence-corrected chi connectivity index (χ0v) is 27.0. The first-order valence-electron chi connectivity index (χ1n) is 14.9. The van der Waals surface area contributed by atoms with Gasteiger partial charge in [-0.15, -0.1) is 0 Å². The lowest BCUT2D eigenvalue weighted by atomic mass is 10.0. The molecule has 2 amide bonds. The summed E-state index contributed by atoms with van der Waals surface area (Å²) < 4.78 is 34.8. The number of halogens is 1. The summed E-state index contributed by atoms with van der Waals surface area (Å²) in [6, 6.07) is 30.0. The Morgan fingerprint density at radius 3 is 2.04 bits per heavy atom. The number of rotatable bonds is 15. The molecule has 0 saturated heterocycles. The molecule has 10 heteroatoms. The quantitative estimate of drug-likeness (QED) is 0.168. The number of amides is 2. The average molecular weight is 648 g/mol. The van der Waals surface area contributed by atoms with Crippen molar-refractivity contribution in [2.45, 2.75) is 44.2 Å². The highest BCUT2D eigenvalue weighted by Crippen LogP contribution is 2.27. The van der Waals surface area contributed by atoms with Gasteiger partial charge in [0.1, 0.15) is 18.3 Å².